The van der Waals surface area contributed by atoms with Crippen molar-refractivity contribution in [2.75, 3.05) is 0 Å². The molecule has 0 saturated heterocycles. The van der Waals surface area contributed by atoms with Crippen LogP contribution in [0.15, 0.2) is 0 Å². The van der Waals surface area contributed by atoms with Crippen LogP contribution < -0.4 is 0 Å². The minimum atomic E-state index is -2.55. The lowest BCUT2D eigenvalue weighted by Gasteiger charge is -2.10. The van der Waals surface area contributed by atoms with Crippen LogP contribution in [-0.4, -0.2) is 79.6 Å². The highest BCUT2D eigenvalue weighted by atomic mass is 28.4. The Hall–Kier alpha value is 1.20. The summed E-state index contributed by atoms with van der Waals surface area (Å²) in [6, 6.07) is 0. The zero-order chi connectivity index (χ0) is 11.4. The predicted molar refractivity (Wildman–Crippen MR) is 70.8 cm³/mol. The van der Waals surface area contributed by atoms with Gasteiger partial charge < -0.3 is 34.3 Å². The van der Waals surface area contributed by atoms with Crippen molar-refractivity contribution in [1.82, 2.24) is 0 Å². The fourth-order valence-electron chi connectivity index (χ4n) is 0.508. The van der Waals surface area contributed by atoms with Gasteiger partial charge in [0.1, 0.15) is 10.5 Å². The van der Waals surface area contributed by atoms with E-state index in [0.29, 0.717) is 10.5 Å². The molecule has 0 saturated carbocycles. The topological polar surface area (TPSA) is 95.8 Å². The molecular weight excluding hydrogens is 325 g/mol. The third-order valence-electron chi connectivity index (χ3n) is 1.05. The molecule has 8 nitrogen and oxygen atoms in total. The van der Waals surface area contributed by atoms with E-state index < -0.39 is 59.6 Å². The summed E-state index contributed by atoms with van der Waals surface area (Å²) in [6.45, 7) is 0. The lowest BCUT2D eigenvalue weighted by atomic mass is 15.7. The van der Waals surface area contributed by atoms with Crippen LogP contribution in [-0.2, 0) is 24.7 Å². The van der Waals surface area contributed by atoms with Crippen molar-refractivity contribution in [2.45, 2.75) is 0 Å². The van der Waals surface area contributed by atoms with Crippen LogP contribution in [0.1, 0.15) is 0 Å². The molecule has 1 unspecified atom stereocenters. The Labute approximate surface area is 104 Å². The van der Waals surface area contributed by atoms with Gasteiger partial charge in [-0.05, 0) is 0 Å². The maximum atomic E-state index is 9.18. The molecule has 0 bridgehead atoms. The summed E-state index contributed by atoms with van der Waals surface area (Å²) in [5.41, 5.74) is 0. The van der Waals surface area contributed by atoms with Crippen LogP contribution in [0, 0.1) is 0 Å². The molecule has 0 fully saturated rings. The van der Waals surface area contributed by atoms with E-state index in [1.165, 1.54) is 0 Å². The van der Waals surface area contributed by atoms with Crippen LogP contribution in [0.4, 0.5) is 0 Å². The second-order valence-corrected chi connectivity index (χ2v) is 13.8. The summed E-state index contributed by atoms with van der Waals surface area (Å²) < 4.78 is 29.8. The van der Waals surface area contributed by atoms with E-state index in [0.717, 1.165) is 0 Å². The summed E-state index contributed by atoms with van der Waals surface area (Å²) in [5.74, 6) is 0. The van der Waals surface area contributed by atoms with Crippen LogP contribution in [0.3, 0.4) is 0 Å². The van der Waals surface area contributed by atoms with E-state index >= 15 is 0 Å². The second kappa shape index (κ2) is 13.3. The number of hydrogen-bond donors (Lipinski definition) is 2. The predicted octanol–water partition coefficient (Wildman–Crippen LogP) is -7.94. The average molecular weight is 341 g/mol. The van der Waals surface area contributed by atoms with E-state index in [2.05, 4.69) is 0 Å². The zero-order valence-corrected chi connectivity index (χ0v) is 18.7. The highest BCUT2D eigenvalue weighted by Gasteiger charge is 2.08. The van der Waals surface area contributed by atoms with Gasteiger partial charge in [0, 0.05) is 0 Å². The third kappa shape index (κ3) is 13.1. The molecule has 0 aromatic rings. The lowest BCUT2D eigenvalue weighted by molar-refractivity contribution is 0.271. The first-order valence-electron chi connectivity index (χ1n) is 4.05. The minimum absolute atomic E-state index is 0.710. The van der Waals surface area contributed by atoms with E-state index in [1.54, 1.807) is 0 Å². The standard InChI is InChI=1S/H16O8Si7/c1-10-4-13-7-15(2)8-14-6-12-5-11-3-9/h1-2,15H,10-14H2,9H3. The maximum Gasteiger partial charge on any atom is 0.462 e. The third-order valence-corrected chi connectivity index (χ3v) is 9.42. The molecule has 2 N–H and O–H groups in total. The molecule has 0 aromatic carbocycles. The summed E-state index contributed by atoms with van der Waals surface area (Å²) >= 11 is 0. The van der Waals surface area contributed by atoms with E-state index in [4.69, 9.17) is 29.5 Å². The van der Waals surface area contributed by atoms with Gasteiger partial charge in [0.05, 0.1) is 0 Å². The Morgan fingerprint density at radius 1 is 0.933 bits per heavy atom. The molecule has 15 heavy (non-hydrogen) atoms. The van der Waals surface area contributed by atoms with Crippen molar-refractivity contribution in [3.05, 3.63) is 0 Å². The fourth-order valence-corrected chi connectivity index (χ4v) is 9.73. The molecule has 0 spiro atoms. The van der Waals surface area contributed by atoms with E-state index in [1.807, 2.05) is 0 Å². The molecule has 92 valence electrons. The van der Waals surface area contributed by atoms with Crippen molar-refractivity contribution in [2.24, 2.45) is 0 Å². The van der Waals surface area contributed by atoms with Crippen LogP contribution in [0.5, 0.6) is 0 Å². The number of hydrogen-bond acceptors (Lipinski definition) is 8. The van der Waals surface area contributed by atoms with Crippen molar-refractivity contribution in [3.8, 4) is 0 Å². The lowest BCUT2D eigenvalue weighted by Crippen LogP contribution is -2.29. The average Bonchev–Trinajstić information content (AvgIpc) is 2.23. The summed E-state index contributed by atoms with van der Waals surface area (Å²) in [7, 11) is -7.45. The first-order valence-corrected chi connectivity index (χ1v) is 12.2. The monoisotopic (exact) mass is 340 g/mol. The summed E-state index contributed by atoms with van der Waals surface area (Å²) in [6.07, 6.45) is 0. The normalized spacial score (nSPS) is 17.2. The maximum absolute atomic E-state index is 9.18. The van der Waals surface area contributed by atoms with Gasteiger partial charge in [-0.3, -0.25) is 0 Å². The highest BCUT2D eigenvalue weighted by molar-refractivity contribution is 6.53. The molecule has 0 aliphatic carbocycles. The van der Waals surface area contributed by atoms with Crippen LogP contribution >= 0.6 is 0 Å². The van der Waals surface area contributed by atoms with Crippen molar-refractivity contribution < 1.29 is 34.3 Å². The smallest absolute Gasteiger partial charge is 0.449 e. The SMILES string of the molecule is O[SiH2]O[SiH2]O[SiH](O)O[SiH2]O[SiH2]O[SiH2]O[SiH3]. The fraction of sp³-hybridized carbons (Fsp3) is 0. The van der Waals surface area contributed by atoms with Gasteiger partial charge in [0.15, 0.2) is 0 Å². The van der Waals surface area contributed by atoms with Crippen molar-refractivity contribution >= 4 is 70.0 Å². The van der Waals surface area contributed by atoms with Crippen molar-refractivity contribution in [3.63, 3.8) is 0 Å². The largest absolute Gasteiger partial charge is 0.462 e. The Kier molecular flexibility index (Phi) is 14.3. The van der Waals surface area contributed by atoms with E-state index in [9.17, 15) is 4.80 Å². The van der Waals surface area contributed by atoms with Gasteiger partial charge in [-0.15, -0.1) is 0 Å². The molecular formula is H16O8Si7. The Morgan fingerprint density at radius 2 is 1.53 bits per heavy atom. The minimum Gasteiger partial charge on any atom is -0.449 e. The van der Waals surface area contributed by atoms with Crippen molar-refractivity contribution in [1.29, 1.82) is 0 Å². The van der Waals surface area contributed by atoms with Gasteiger partial charge in [0.25, 0.3) is 50.0 Å². The molecule has 0 aliphatic rings. The number of rotatable bonds is 11. The molecule has 0 aromatic heterocycles. The van der Waals surface area contributed by atoms with Gasteiger partial charge in [-0.25, -0.2) is 0 Å². The second-order valence-electron chi connectivity index (χ2n) is 2.14. The van der Waals surface area contributed by atoms with Gasteiger partial charge in [0.2, 0.25) is 0 Å². The summed E-state index contributed by atoms with van der Waals surface area (Å²) in [5, 5.41) is 0. The van der Waals surface area contributed by atoms with Gasteiger partial charge >= 0.3 is 9.53 Å². The zero-order valence-electron chi connectivity index (χ0n) is 8.46. The Morgan fingerprint density at radius 3 is 2.13 bits per heavy atom. The highest BCUT2D eigenvalue weighted by Crippen LogP contribution is 1.83. The molecule has 1 atom stereocenters. The Balaban J connectivity index is 3.06. The Bertz CT molecular complexity index is 122. The summed E-state index contributed by atoms with van der Waals surface area (Å²) in [4.78, 5) is 17.6. The van der Waals surface area contributed by atoms with Crippen LogP contribution in [0.25, 0.3) is 0 Å². The van der Waals surface area contributed by atoms with Gasteiger partial charge in [-0.2, -0.15) is 0 Å². The molecule has 0 rings (SSSR count). The molecule has 0 aliphatic heterocycles. The first kappa shape index (κ1) is 16.2. The van der Waals surface area contributed by atoms with Crippen LogP contribution in [0.2, 0.25) is 0 Å². The molecule has 0 amide bonds. The molecule has 0 heterocycles. The molecule has 0 radical (unpaired) electrons. The van der Waals surface area contributed by atoms with E-state index in [-0.39, 0.29) is 0 Å². The first-order chi connectivity index (χ1) is 7.31. The quantitative estimate of drug-likeness (QED) is 0.283. The van der Waals surface area contributed by atoms with Gasteiger partial charge in [-0.1, -0.05) is 0 Å². The molecule has 15 heteroatoms.